The second-order valence-electron chi connectivity index (χ2n) is 4.06. The number of aryl methyl sites for hydroxylation is 1. The highest BCUT2D eigenvalue weighted by Gasteiger charge is 2.18. The van der Waals surface area contributed by atoms with Gasteiger partial charge in [-0.2, -0.15) is 0 Å². The third kappa shape index (κ3) is 1.81. The molecular formula is C10H14FN. The van der Waals surface area contributed by atoms with Gasteiger partial charge in [-0.25, -0.2) is 4.39 Å². The molecule has 0 aliphatic carbocycles. The summed E-state index contributed by atoms with van der Waals surface area (Å²) in [4.78, 5) is 4.07. The molecule has 0 N–H and O–H groups in total. The third-order valence-electron chi connectivity index (χ3n) is 1.80. The minimum Gasteiger partial charge on any atom is -0.261 e. The molecule has 0 atom stereocenters. The Labute approximate surface area is 72.6 Å². The van der Waals surface area contributed by atoms with Crippen molar-refractivity contribution in [1.82, 2.24) is 4.98 Å². The molecular weight excluding hydrogens is 153 g/mol. The van der Waals surface area contributed by atoms with Crippen molar-refractivity contribution in [2.45, 2.75) is 33.1 Å². The summed E-state index contributed by atoms with van der Waals surface area (Å²) in [7, 11) is 0. The summed E-state index contributed by atoms with van der Waals surface area (Å²) in [6, 6.07) is 1.47. The van der Waals surface area contributed by atoms with Gasteiger partial charge in [0.05, 0.1) is 0 Å². The highest BCUT2D eigenvalue weighted by molar-refractivity contribution is 5.22. The van der Waals surface area contributed by atoms with Crippen molar-refractivity contribution in [3.8, 4) is 0 Å². The maximum atomic E-state index is 13.3. The standard InChI is InChI=1S/C10H14FN/c1-7-5-9(11)8(6-12-7)10(2,3)4/h5-6H,1-4H3. The number of rotatable bonds is 0. The second kappa shape index (κ2) is 2.85. The molecule has 1 rings (SSSR count). The van der Waals surface area contributed by atoms with Crippen LogP contribution in [0.5, 0.6) is 0 Å². The number of hydrogen-bond acceptors (Lipinski definition) is 1. The van der Waals surface area contributed by atoms with Crippen LogP contribution in [0.2, 0.25) is 0 Å². The van der Waals surface area contributed by atoms with Crippen LogP contribution < -0.4 is 0 Å². The number of hydrogen-bond donors (Lipinski definition) is 0. The molecule has 0 spiro atoms. The summed E-state index contributed by atoms with van der Waals surface area (Å²) in [5.74, 6) is -0.157. The van der Waals surface area contributed by atoms with E-state index in [-0.39, 0.29) is 11.2 Å². The molecule has 1 aromatic heterocycles. The first-order valence-electron chi connectivity index (χ1n) is 4.04. The van der Waals surface area contributed by atoms with Gasteiger partial charge in [0.25, 0.3) is 0 Å². The molecule has 1 nitrogen and oxygen atoms in total. The maximum Gasteiger partial charge on any atom is 0.130 e. The van der Waals surface area contributed by atoms with Crippen molar-refractivity contribution in [3.05, 3.63) is 29.3 Å². The summed E-state index contributed by atoms with van der Waals surface area (Å²) < 4.78 is 13.3. The smallest absolute Gasteiger partial charge is 0.130 e. The fraction of sp³-hybridized carbons (Fsp3) is 0.500. The Hall–Kier alpha value is -0.920. The van der Waals surface area contributed by atoms with Crippen molar-refractivity contribution in [2.24, 2.45) is 0 Å². The largest absolute Gasteiger partial charge is 0.261 e. The highest BCUT2D eigenvalue weighted by atomic mass is 19.1. The van der Waals surface area contributed by atoms with Crippen LogP contribution >= 0.6 is 0 Å². The van der Waals surface area contributed by atoms with Crippen molar-refractivity contribution >= 4 is 0 Å². The van der Waals surface area contributed by atoms with Crippen LogP contribution in [0.3, 0.4) is 0 Å². The van der Waals surface area contributed by atoms with E-state index in [2.05, 4.69) is 4.98 Å². The van der Waals surface area contributed by atoms with E-state index in [9.17, 15) is 4.39 Å². The molecule has 0 saturated carbocycles. The molecule has 1 aromatic rings. The molecule has 0 aliphatic rings. The van der Waals surface area contributed by atoms with E-state index >= 15 is 0 Å². The van der Waals surface area contributed by atoms with E-state index in [0.717, 1.165) is 5.69 Å². The van der Waals surface area contributed by atoms with E-state index in [1.165, 1.54) is 6.07 Å². The molecule has 0 radical (unpaired) electrons. The van der Waals surface area contributed by atoms with Gasteiger partial charge in [0.15, 0.2) is 0 Å². The van der Waals surface area contributed by atoms with Crippen LogP contribution in [-0.2, 0) is 5.41 Å². The van der Waals surface area contributed by atoms with Crippen LogP contribution in [0, 0.1) is 12.7 Å². The minimum absolute atomic E-state index is 0.157. The lowest BCUT2D eigenvalue weighted by Crippen LogP contribution is -2.14. The van der Waals surface area contributed by atoms with E-state index < -0.39 is 0 Å². The van der Waals surface area contributed by atoms with Gasteiger partial charge in [-0.1, -0.05) is 20.8 Å². The molecule has 0 aromatic carbocycles. The summed E-state index contributed by atoms with van der Waals surface area (Å²) in [5, 5.41) is 0. The summed E-state index contributed by atoms with van der Waals surface area (Å²) in [6.07, 6.45) is 1.62. The lowest BCUT2D eigenvalue weighted by atomic mass is 9.88. The third-order valence-corrected chi connectivity index (χ3v) is 1.80. The zero-order valence-electron chi connectivity index (χ0n) is 7.98. The predicted molar refractivity (Wildman–Crippen MR) is 47.6 cm³/mol. The van der Waals surface area contributed by atoms with E-state index in [4.69, 9.17) is 0 Å². The summed E-state index contributed by atoms with van der Waals surface area (Å²) in [5.41, 5.74) is 1.23. The average Bonchev–Trinajstić information content (AvgIpc) is 1.83. The summed E-state index contributed by atoms with van der Waals surface area (Å²) in [6.45, 7) is 7.71. The molecule has 1 heterocycles. The first-order valence-corrected chi connectivity index (χ1v) is 4.04. The van der Waals surface area contributed by atoms with E-state index in [1.807, 2.05) is 20.8 Å². The maximum absolute atomic E-state index is 13.3. The molecule has 0 unspecified atom stereocenters. The van der Waals surface area contributed by atoms with Gasteiger partial charge in [-0.3, -0.25) is 4.98 Å². The second-order valence-corrected chi connectivity index (χ2v) is 4.06. The van der Waals surface area contributed by atoms with E-state index in [0.29, 0.717) is 5.56 Å². The fourth-order valence-electron chi connectivity index (χ4n) is 1.08. The van der Waals surface area contributed by atoms with Crippen molar-refractivity contribution in [3.63, 3.8) is 0 Å². The van der Waals surface area contributed by atoms with Crippen molar-refractivity contribution in [2.75, 3.05) is 0 Å². The van der Waals surface area contributed by atoms with Gasteiger partial charge in [-0.05, 0) is 18.4 Å². The van der Waals surface area contributed by atoms with Gasteiger partial charge < -0.3 is 0 Å². The molecule has 0 bridgehead atoms. The SMILES string of the molecule is Cc1cc(F)c(C(C)(C)C)cn1. The lowest BCUT2D eigenvalue weighted by molar-refractivity contribution is 0.518. The van der Waals surface area contributed by atoms with Gasteiger partial charge in [0.2, 0.25) is 0 Å². The van der Waals surface area contributed by atoms with Crippen LogP contribution in [0.25, 0.3) is 0 Å². The predicted octanol–water partition coefficient (Wildman–Crippen LogP) is 2.83. The molecule has 0 aliphatic heterocycles. The molecule has 0 amide bonds. The monoisotopic (exact) mass is 167 g/mol. The van der Waals surface area contributed by atoms with Gasteiger partial charge >= 0.3 is 0 Å². The van der Waals surface area contributed by atoms with Gasteiger partial charge in [-0.15, -0.1) is 0 Å². The zero-order valence-corrected chi connectivity index (χ0v) is 7.98. The Morgan fingerprint density at radius 3 is 2.33 bits per heavy atom. The Kier molecular flexibility index (Phi) is 2.18. The Morgan fingerprint density at radius 1 is 1.33 bits per heavy atom. The van der Waals surface area contributed by atoms with Crippen LogP contribution in [0.15, 0.2) is 12.3 Å². The van der Waals surface area contributed by atoms with E-state index in [1.54, 1.807) is 13.1 Å². The van der Waals surface area contributed by atoms with Crippen LogP contribution in [0.1, 0.15) is 32.0 Å². The summed E-state index contributed by atoms with van der Waals surface area (Å²) >= 11 is 0. The molecule has 0 fully saturated rings. The normalized spacial score (nSPS) is 11.8. The quantitative estimate of drug-likeness (QED) is 0.579. The topological polar surface area (TPSA) is 12.9 Å². The van der Waals surface area contributed by atoms with Crippen LogP contribution in [-0.4, -0.2) is 4.98 Å². The molecule has 12 heavy (non-hydrogen) atoms. The first kappa shape index (κ1) is 9.17. The van der Waals surface area contributed by atoms with Crippen molar-refractivity contribution in [1.29, 1.82) is 0 Å². The molecule has 66 valence electrons. The zero-order chi connectivity index (χ0) is 9.35. The number of aromatic nitrogens is 1. The first-order chi connectivity index (χ1) is 5.41. The van der Waals surface area contributed by atoms with Gasteiger partial charge in [0.1, 0.15) is 5.82 Å². The highest BCUT2D eigenvalue weighted by Crippen LogP contribution is 2.24. The molecule has 0 saturated heterocycles. The number of halogens is 1. The number of nitrogens with zero attached hydrogens (tertiary/aromatic N) is 1. The Morgan fingerprint density at radius 2 is 1.92 bits per heavy atom. The minimum atomic E-state index is -0.162. The molecule has 2 heteroatoms. The Balaban J connectivity index is 3.19. The average molecular weight is 167 g/mol. The van der Waals surface area contributed by atoms with Crippen molar-refractivity contribution < 1.29 is 4.39 Å². The van der Waals surface area contributed by atoms with Gasteiger partial charge in [0, 0.05) is 17.5 Å². The number of pyridine rings is 1. The van der Waals surface area contributed by atoms with Crippen LogP contribution in [0.4, 0.5) is 4.39 Å². The Bertz CT molecular complexity index is 286. The lowest BCUT2D eigenvalue weighted by Gasteiger charge is -2.19. The fourth-order valence-corrected chi connectivity index (χ4v) is 1.08.